The summed E-state index contributed by atoms with van der Waals surface area (Å²) in [6.07, 6.45) is 0.872. The van der Waals surface area contributed by atoms with Gasteiger partial charge in [-0.05, 0) is 86.3 Å². The SMILES string of the molecule is c1ccc(-c2ccccc2N(c2ccc3c(c2)-c2sc4ccccc4c2-c2ccccc2Cc2ccccc2-3)c2cc3ccccc3c3ccccc23)cc1. The Morgan fingerprint density at radius 1 is 0.382 bits per heavy atom. The monoisotopic (exact) mass is 717 g/mol. The molecule has 0 saturated heterocycles. The molecule has 0 atom stereocenters. The molecule has 0 unspecified atom stereocenters. The van der Waals surface area contributed by atoms with Crippen molar-refractivity contribution < 1.29 is 0 Å². The molecule has 1 aromatic heterocycles. The minimum Gasteiger partial charge on any atom is -0.309 e. The van der Waals surface area contributed by atoms with Crippen molar-refractivity contribution in [2.24, 2.45) is 0 Å². The van der Waals surface area contributed by atoms with Crippen molar-refractivity contribution in [3.05, 3.63) is 211 Å². The lowest BCUT2D eigenvalue weighted by atomic mass is 9.92. The van der Waals surface area contributed by atoms with Crippen molar-refractivity contribution in [3.63, 3.8) is 0 Å². The van der Waals surface area contributed by atoms with E-state index in [1.807, 2.05) is 11.3 Å². The Morgan fingerprint density at radius 2 is 1.00 bits per heavy atom. The van der Waals surface area contributed by atoms with E-state index in [2.05, 4.69) is 205 Å². The second-order valence-electron chi connectivity index (χ2n) is 14.4. The predicted octanol–water partition coefficient (Wildman–Crippen LogP) is 15.2. The van der Waals surface area contributed by atoms with Crippen LogP contribution in [0.2, 0.25) is 0 Å². The van der Waals surface area contributed by atoms with E-state index in [1.54, 1.807) is 0 Å². The molecule has 0 N–H and O–H groups in total. The van der Waals surface area contributed by atoms with Gasteiger partial charge in [0, 0.05) is 42.7 Å². The maximum Gasteiger partial charge on any atom is 0.0546 e. The molecule has 11 rings (SSSR count). The standard InChI is InChI=1S/C53H35NS/c1-2-16-35(17-3-1)42-23-12-14-28-49(42)54(50-33-38-20-5-8-22-41(38)44-25-10-11-26-46(44)50)39-30-31-45-40-21-7-4-18-36(40)32-37-19-6-9-24-43(37)52-47-27-13-15-29-51(47)55-53(52)48(45)34-39/h1-31,33-34H,32H2. The highest BCUT2D eigenvalue weighted by Gasteiger charge is 2.26. The summed E-state index contributed by atoms with van der Waals surface area (Å²) in [6, 6.07) is 73.9. The van der Waals surface area contributed by atoms with E-state index in [0.717, 1.165) is 23.5 Å². The first kappa shape index (κ1) is 31.8. The van der Waals surface area contributed by atoms with Gasteiger partial charge >= 0.3 is 0 Å². The van der Waals surface area contributed by atoms with Crippen molar-refractivity contribution in [1.82, 2.24) is 0 Å². The van der Waals surface area contributed by atoms with Gasteiger partial charge in [-0.15, -0.1) is 11.3 Å². The summed E-state index contributed by atoms with van der Waals surface area (Å²) < 4.78 is 1.30. The fraction of sp³-hybridized carbons (Fsp3) is 0.0189. The Morgan fingerprint density at radius 3 is 1.84 bits per heavy atom. The average molecular weight is 718 g/mol. The van der Waals surface area contributed by atoms with E-state index in [4.69, 9.17) is 0 Å². The zero-order chi connectivity index (χ0) is 36.3. The van der Waals surface area contributed by atoms with Crippen LogP contribution in [0.4, 0.5) is 17.1 Å². The first-order chi connectivity index (χ1) is 27.3. The lowest BCUT2D eigenvalue weighted by Crippen LogP contribution is -2.12. The topological polar surface area (TPSA) is 3.24 Å². The second kappa shape index (κ2) is 13.0. The second-order valence-corrected chi connectivity index (χ2v) is 15.5. The molecule has 9 aromatic carbocycles. The number of para-hydroxylation sites is 1. The summed E-state index contributed by atoms with van der Waals surface area (Å²) in [5.41, 5.74) is 14.9. The minimum absolute atomic E-state index is 0.872. The van der Waals surface area contributed by atoms with E-state index in [9.17, 15) is 0 Å². The fourth-order valence-corrected chi connectivity index (χ4v) is 10.1. The van der Waals surface area contributed by atoms with Gasteiger partial charge in [0.05, 0.1) is 11.4 Å². The molecule has 0 bridgehead atoms. The van der Waals surface area contributed by atoms with Gasteiger partial charge in [-0.25, -0.2) is 0 Å². The van der Waals surface area contributed by atoms with Crippen LogP contribution >= 0.6 is 11.3 Å². The Bertz CT molecular complexity index is 3080. The third kappa shape index (κ3) is 5.21. The summed E-state index contributed by atoms with van der Waals surface area (Å²) in [5, 5.41) is 6.26. The molecule has 2 heteroatoms. The van der Waals surface area contributed by atoms with Crippen molar-refractivity contribution >= 4 is 60.0 Å². The Kier molecular flexibility index (Phi) is 7.50. The lowest BCUT2D eigenvalue weighted by molar-refractivity contribution is 1.20. The van der Waals surface area contributed by atoms with E-state index < -0.39 is 0 Å². The number of rotatable bonds is 4. The highest BCUT2D eigenvalue weighted by atomic mass is 32.1. The molecule has 0 saturated carbocycles. The first-order valence-corrected chi connectivity index (χ1v) is 19.8. The third-order valence-electron chi connectivity index (χ3n) is 11.3. The maximum absolute atomic E-state index is 2.51. The van der Waals surface area contributed by atoms with Crippen LogP contribution < -0.4 is 4.90 Å². The zero-order valence-electron chi connectivity index (χ0n) is 30.1. The average Bonchev–Trinajstić information content (AvgIpc) is 3.65. The molecule has 1 heterocycles. The van der Waals surface area contributed by atoms with Crippen molar-refractivity contribution in [2.75, 3.05) is 4.90 Å². The molecule has 0 spiro atoms. The van der Waals surface area contributed by atoms with Gasteiger partial charge in [-0.3, -0.25) is 0 Å². The minimum atomic E-state index is 0.872. The summed E-state index contributed by atoms with van der Waals surface area (Å²) in [4.78, 5) is 3.82. The van der Waals surface area contributed by atoms with Gasteiger partial charge in [0.1, 0.15) is 0 Å². The van der Waals surface area contributed by atoms with E-state index in [-0.39, 0.29) is 0 Å². The van der Waals surface area contributed by atoms with Crippen LogP contribution in [0.3, 0.4) is 0 Å². The molecular formula is C53H35NS. The van der Waals surface area contributed by atoms with Crippen LogP contribution in [0.1, 0.15) is 11.1 Å². The van der Waals surface area contributed by atoms with Gasteiger partial charge in [-0.2, -0.15) is 0 Å². The number of fused-ring (bicyclic) bond motifs is 12. The van der Waals surface area contributed by atoms with Crippen molar-refractivity contribution in [3.8, 4) is 43.8 Å². The normalized spacial score (nSPS) is 11.9. The van der Waals surface area contributed by atoms with Gasteiger partial charge in [-0.1, -0.05) is 170 Å². The smallest absolute Gasteiger partial charge is 0.0546 e. The molecule has 1 nitrogen and oxygen atoms in total. The summed E-state index contributed by atoms with van der Waals surface area (Å²) in [7, 11) is 0. The summed E-state index contributed by atoms with van der Waals surface area (Å²) in [5.74, 6) is 0. The van der Waals surface area contributed by atoms with Crippen LogP contribution in [0.25, 0.3) is 75.5 Å². The molecule has 0 amide bonds. The quantitative estimate of drug-likeness (QED) is 0.164. The highest BCUT2D eigenvalue weighted by Crippen LogP contribution is 2.53. The van der Waals surface area contributed by atoms with E-state index >= 15 is 0 Å². The molecule has 1 aliphatic rings. The van der Waals surface area contributed by atoms with E-state index in [0.29, 0.717) is 0 Å². The van der Waals surface area contributed by atoms with Crippen LogP contribution in [0.15, 0.2) is 200 Å². The van der Waals surface area contributed by atoms with Gasteiger partial charge in [0.15, 0.2) is 0 Å². The van der Waals surface area contributed by atoms with Crippen LogP contribution in [-0.4, -0.2) is 0 Å². The maximum atomic E-state index is 2.51. The van der Waals surface area contributed by atoms with Gasteiger partial charge < -0.3 is 4.90 Å². The Hall–Kier alpha value is -6.74. The summed E-state index contributed by atoms with van der Waals surface area (Å²) >= 11 is 1.91. The molecule has 10 aromatic rings. The highest BCUT2D eigenvalue weighted by molar-refractivity contribution is 7.23. The number of anilines is 3. The Balaban J connectivity index is 1.26. The van der Waals surface area contributed by atoms with Gasteiger partial charge in [0.25, 0.3) is 0 Å². The summed E-state index contributed by atoms with van der Waals surface area (Å²) in [6.45, 7) is 0. The predicted molar refractivity (Wildman–Crippen MR) is 236 cm³/mol. The number of benzene rings is 9. The number of hydrogen-bond acceptors (Lipinski definition) is 2. The van der Waals surface area contributed by atoms with Crippen LogP contribution in [0.5, 0.6) is 0 Å². The largest absolute Gasteiger partial charge is 0.309 e. The fourth-order valence-electron chi connectivity index (χ4n) is 8.82. The molecule has 258 valence electrons. The number of nitrogens with zero attached hydrogens (tertiary/aromatic N) is 1. The van der Waals surface area contributed by atoms with Crippen LogP contribution in [0, 0.1) is 0 Å². The molecule has 0 aliphatic heterocycles. The van der Waals surface area contributed by atoms with Crippen molar-refractivity contribution in [2.45, 2.75) is 6.42 Å². The molecule has 1 aliphatic carbocycles. The molecular weight excluding hydrogens is 683 g/mol. The van der Waals surface area contributed by atoms with Crippen molar-refractivity contribution in [1.29, 1.82) is 0 Å². The first-order valence-electron chi connectivity index (χ1n) is 19.0. The number of thiophene rings is 1. The Labute approximate surface area is 325 Å². The lowest BCUT2D eigenvalue weighted by Gasteiger charge is -2.30. The third-order valence-corrected chi connectivity index (χ3v) is 12.5. The number of hydrogen-bond donors (Lipinski definition) is 0. The van der Waals surface area contributed by atoms with E-state index in [1.165, 1.54) is 86.6 Å². The molecule has 0 radical (unpaired) electrons. The van der Waals surface area contributed by atoms with Crippen LogP contribution in [-0.2, 0) is 6.42 Å². The zero-order valence-corrected chi connectivity index (χ0v) is 30.9. The molecule has 0 fully saturated rings. The molecule has 55 heavy (non-hydrogen) atoms. The van der Waals surface area contributed by atoms with Gasteiger partial charge in [0.2, 0.25) is 0 Å².